The monoisotopic (exact) mass is 461 g/mol. The first-order valence-electron chi connectivity index (χ1n) is 11.8. The summed E-state index contributed by atoms with van der Waals surface area (Å²) in [5.41, 5.74) is 6.42. The van der Waals surface area contributed by atoms with E-state index in [0.29, 0.717) is 24.5 Å². The van der Waals surface area contributed by atoms with Gasteiger partial charge in [0.25, 0.3) is 0 Å². The van der Waals surface area contributed by atoms with E-state index in [1.165, 1.54) is 0 Å². The first-order chi connectivity index (χ1) is 17.2. The van der Waals surface area contributed by atoms with Gasteiger partial charge in [0.2, 0.25) is 5.88 Å². The Hall–Kier alpha value is -4.31. The number of ether oxygens (including phenoxy) is 1. The van der Waals surface area contributed by atoms with Crippen molar-refractivity contribution in [2.24, 2.45) is 0 Å². The molecule has 174 valence electrons. The average molecular weight is 462 g/mol. The molecule has 0 atom stereocenters. The van der Waals surface area contributed by atoms with Crippen molar-refractivity contribution in [2.45, 2.75) is 20.3 Å². The third-order valence-corrected chi connectivity index (χ3v) is 6.12. The van der Waals surface area contributed by atoms with E-state index in [4.69, 9.17) is 9.15 Å². The van der Waals surface area contributed by atoms with Crippen LogP contribution in [0.1, 0.15) is 34.1 Å². The SMILES string of the molecule is CCOC(=O)c1c(Cc2ccccc2)cn(-c2oc(-c3ccccc3)cc2-c2ccccc2)c1C. The number of aromatic nitrogens is 1. The van der Waals surface area contributed by atoms with E-state index in [9.17, 15) is 4.79 Å². The summed E-state index contributed by atoms with van der Waals surface area (Å²) in [5.74, 6) is 1.14. The van der Waals surface area contributed by atoms with Crippen molar-refractivity contribution < 1.29 is 13.9 Å². The van der Waals surface area contributed by atoms with Crippen LogP contribution < -0.4 is 0 Å². The number of hydrogen-bond donors (Lipinski definition) is 0. The van der Waals surface area contributed by atoms with Gasteiger partial charge in [-0.15, -0.1) is 0 Å². The highest BCUT2D eigenvalue weighted by Gasteiger charge is 2.25. The van der Waals surface area contributed by atoms with E-state index in [2.05, 4.69) is 30.3 Å². The number of hydrogen-bond acceptors (Lipinski definition) is 3. The van der Waals surface area contributed by atoms with Crippen LogP contribution in [0.3, 0.4) is 0 Å². The van der Waals surface area contributed by atoms with Crippen molar-refractivity contribution in [1.82, 2.24) is 4.57 Å². The van der Waals surface area contributed by atoms with Gasteiger partial charge in [-0.3, -0.25) is 4.57 Å². The molecule has 0 fully saturated rings. The van der Waals surface area contributed by atoms with Crippen LogP contribution in [-0.4, -0.2) is 17.1 Å². The summed E-state index contributed by atoms with van der Waals surface area (Å²) >= 11 is 0. The van der Waals surface area contributed by atoms with E-state index < -0.39 is 0 Å². The Bertz CT molecular complexity index is 1430. The highest BCUT2D eigenvalue weighted by atomic mass is 16.5. The normalized spacial score (nSPS) is 10.9. The second-order valence-electron chi connectivity index (χ2n) is 8.43. The molecule has 0 spiro atoms. The van der Waals surface area contributed by atoms with Crippen LogP contribution in [0.25, 0.3) is 28.3 Å². The van der Waals surface area contributed by atoms with Crippen LogP contribution in [0, 0.1) is 6.92 Å². The molecule has 0 amide bonds. The topological polar surface area (TPSA) is 44.4 Å². The lowest BCUT2D eigenvalue weighted by Gasteiger charge is -2.08. The molecule has 2 aromatic heterocycles. The Morgan fingerprint density at radius 3 is 2.09 bits per heavy atom. The zero-order valence-corrected chi connectivity index (χ0v) is 19.9. The zero-order chi connectivity index (χ0) is 24.2. The molecule has 5 rings (SSSR count). The molecule has 0 saturated heterocycles. The van der Waals surface area contributed by atoms with E-state index >= 15 is 0 Å². The van der Waals surface area contributed by atoms with Crippen molar-refractivity contribution in [3.05, 3.63) is 126 Å². The fourth-order valence-electron chi connectivity index (χ4n) is 4.44. The van der Waals surface area contributed by atoms with Crippen molar-refractivity contribution in [3.63, 3.8) is 0 Å². The number of carbonyl (C=O) groups is 1. The van der Waals surface area contributed by atoms with Gasteiger partial charge < -0.3 is 9.15 Å². The molecule has 0 N–H and O–H groups in total. The van der Waals surface area contributed by atoms with Gasteiger partial charge in [0.1, 0.15) is 5.76 Å². The fraction of sp³-hybridized carbons (Fsp3) is 0.129. The predicted octanol–water partition coefficient (Wildman–Crippen LogP) is 7.48. The summed E-state index contributed by atoms with van der Waals surface area (Å²) in [6, 6.07) is 32.4. The second kappa shape index (κ2) is 9.90. The van der Waals surface area contributed by atoms with E-state index in [-0.39, 0.29) is 5.97 Å². The Morgan fingerprint density at radius 1 is 0.857 bits per heavy atom. The van der Waals surface area contributed by atoms with Crippen LogP contribution in [0.4, 0.5) is 0 Å². The molecule has 0 aliphatic heterocycles. The van der Waals surface area contributed by atoms with Crippen LogP contribution in [0.15, 0.2) is 108 Å². The van der Waals surface area contributed by atoms with Gasteiger partial charge in [0.15, 0.2) is 0 Å². The molecule has 4 nitrogen and oxygen atoms in total. The van der Waals surface area contributed by atoms with Crippen molar-refractivity contribution >= 4 is 5.97 Å². The lowest BCUT2D eigenvalue weighted by atomic mass is 10.0. The summed E-state index contributed by atoms with van der Waals surface area (Å²) in [6.45, 7) is 4.09. The second-order valence-corrected chi connectivity index (χ2v) is 8.43. The van der Waals surface area contributed by atoms with Gasteiger partial charge in [-0.05, 0) is 43.0 Å². The molecule has 3 aromatic carbocycles. The number of esters is 1. The smallest absolute Gasteiger partial charge is 0.340 e. The summed E-state index contributed by atoms with van der Waals surface area (Å²) in [7, 11) is 0. The molecule has 0 saturated carbocycles. The Balaban J connectivity index is 1.69. The molecule has 0 radical (unpaired) electrons. The molecule has 2 heterocycles. The number of benzene rings is 3. The van der Waals surface area contributed by atoms with E-state index in [0.717, 1.165) is 39.3 Å². The van der Waals surface area contributed by atoms with Gasteiger partial charge in [0.05, 0.1) is 12.2 Å². The van der Waals surface area contributed by atoms with Gasteiger partial charge in [-0.2, -0.15) is 0 Å². The lowest BCUT2D eigenvalue weighted by molar-refractivity contribution is 0.0524. The van der Waals surface area contributed by atoms with Crippen LogP contribution >= 0.6 is 0 Å². The number of nitrogens with zero attached hydrogens (tertiary/aromatic N) is 1. The third-order valence-electron chi connectivity index (χ3n) is 6.12. The summed E-state index contributed by atoms with van der Waals surface area (Å²) < 4.78 is 13.9. The Kier molecular flexibility index (Phi) is 6.36. The van der Waals surface area contributed by atoms with Gasteiger partial charge >= 0.3 is 5.97 Å². The van der Waals surface area contributed by atoms with Gasteiger partial charge in [-0.1, -0.05) is 91.0 Å². The maximum Gasteiger partial charge on any atom is 0.340 e. The molecule has 35 heavy (non-hydrogen) atoms. The lowest BCUT2D eigenvalue weighted by Crippen LogP contribution is -2.09. The quantitative estimate of drug-likeness (QED) is 0.236. The Labute approximate surface area is 205 Å². The van der Waals surface area contributed by atoms with Gasteiger partial charge in [-0.25, -0.2) is 4.79 Å². The van der Waals surface area contributed by atoms with Gasteiger partial charge in [0, 0.05) is 23.0 Å². The minimum Gasteiger partial charge on any atom is -0.462 e. The first kappa shape index (κ1) is 22.5. The average Bonchev–Trinajstić information content (AvgIpc) is 3.47. The highest BCUT2D eigenvalue weighted by molar-refractivity contribution is 5.93. The predicted molar refractivity (Wildman–Crippen MR) is 139 cm³/mol. The molecule has 0 unspecified atom stereocenters. The molecule has 5 aromatic rings. The van der Waals surface area contributed by atoms with Crippen LogP contribution in [0.2, 0.25) is 0 Å². The van der Waals surface area contributed by atoms with E-state index in [1.54, 1.807) is 0 Å². The molecule has 0 bridgehead atoms. The summed E-state index contributed by atoms with van der Waals surface area (Å²) in [6.07, 6.45) is 2.63. The van der Waals surface area contributed by atoms with Crippen molar-refractivity contribution in [1.29, 1.82) is 0 Å². The maximum atomic E-state index is 13.0. The maximum absolute atomic E-state index is 13.0. The largest absolute Gasteiger partial charge is 0.462 e. The first-order valence-corrected chi connectivity index (χ1v) is 11.8. The number of rotatable bonds is 7. The summed E-state index contributed by atoms with van der Waals surface area (Å²) in [4.78, 5) is 13.0. The standard InChI is InChI=1S/C31H27NO3/c1-3-34-31(33)29-22(2)32(21-26(29)19-23-13-7-4-8-14-23)30-27(24-15-9-5-10-16-24)20-28(35-30)25-17-11-6-12-18-25/h4-18,20-21H,3,19H2,1-2H3. The minimum atomic E-state index is -0.314. The fourth-order valence-corrected chi connectivity index (χ4v) is 4.44. The van der Waals surface area contributed by atoms with Crippen LogP contribution in [-0.2, 0) is 11.2 Å². The van der Waals surface area contributed by atoms with E-state index in [1.807, 2.05) is 91.3 Å². The summed E-state index contributed by atoms with van der Waals surface area (Å²) in [5, 5.41) is 0. The number of carbonyl (C=O) groups excluding carboxylic acids is 1. The zero-order valence-electron chi connectivity index (χ0n) is 19.9. The number of furan rings is 1. The third kappa shape index (κ3) is 4.56. The highest BCUT2D eigenvalue weighted by Crippen LogP contribution is 2.37. The molecule has 4 heteroatoms. The molecular formula is C31H27NO3. The molecular weight excluding hydrogens is 434 g/mol. The van der Waals surface area contributed by atoms with Crippen molar-refractivity contribution in [3.8, 4) is 28.3 Å². The molecule has 0 aliphatic rings. The minimum absolute atomic E-state index is 0.314. The Morgan fingerprint density at radius 2 is 1.46 bits per heavy atom. The molecule has 0 aliphatic carbocycles. The van der Waals surface area contributed by atoms with Crippen LogP contribution in [0.5, 0.6) is 0 Å². The van der Waals surface area contributed by atoms with Crippen molar-refractivity contribution in [2.75, 3.05) is 6.61 Å².